The van der Waals surface area contributed by atoms with E-state index in [0.29, 0.717) is 5.92 Å². The van der Waals surface area contributed by atoms with Crippen LogP contribution in [0.15, 0.2) is 35.3 Å². The summed E-state index contributed by atoms with van der Waals surface area (Å²) in [4.78, 5) is 18.4. The first-order chi connectivity index (χ1) is 11.7. The third kappa shape index (κ3) is 5.87. The molecule has 1 atom stereocenters. The van der Waals surface area contributed by atoms with Crippen molar-refractivity contribution in [2.75, 3.05) is 32.7 Å². The third-order valence-corrected chi connectivity index (χ3v) is 4.41. The van der Waals surface area contributed by atoms with Gasteiger partial charge in [0.2, 0.25) is 5.91 Å². The lowest BCUT2D eigenvalue weighted by Crippen LogP contribution is -2.39. The highest BCUT2D eigenvalue weighted by molar-refractivity contribution is 5.85. The summed E-state index contributed by atoms with van der Waals surface area (Å²) in [5.41, 5.74) is 1.35. The van der Waals surface area contributed by atoms with Gasteiger partial charge in [0, 0.05) is 26.2 Å². The number of nitrogens with one attached hydrogen (secondary N) is 2. The van der Waals surface area contributed by atoms with Gasteiger partial charge in [0.25, 0.3) is 0 Å². The molecule has 2 N–H and O–H groups in total. The fraction of sp³-hybridized carbons (Fsp3) is 0.579. The van der Waals surface area contributed by atoms with Gasteiger partial charge in [-0.25, -0.2) is 4.99 Å². The monoisotopic (exact) mass is 330 g/mol. The first-order valence-corrected chi connectivity index (χ1v) is 9.05. The molecule has 1 aromatic carbocycles. The maximum absolute atomic E-state index is 12.1. The van der Waals surface area contributed by atoms with E-state index in [1.165, 1.54) is 5.56 Å². The van der Waals surface area contributed by atoms with Crippen LogP contribution in [0.3, 0.4) is 0 Å². The lowest BCUT2D eigenvalue weighted by molar-refractivity contribution is -0.128. The van der Waals surface area contributed by atoms with Gasteiger partial charge in [-0.05, 0) is 37.7 Å². The molecule has 0 bridgehead atoms. The van der Waals surface area contributed by atoms with Crippen molar-refractivity contribution in [3.8, 4) is 0 Å². The first kappa shape index (κ1) is 18.3. The normalized spacial score (nSPS) is 16.1. The highest BCUT2D eigenvalue weighted by atomic mass is 16.2. The van der Waals surface area contributed by atoms with E-state index < -0.39 is 0 Å². The van der Waals surface area contributed by atoms with Gasteiger partial charge in [-0.15, -0.1) is 0 Å². The number of likely N-dealkylation sites (tertiary alicyclic amines) is 1. The second-order valence-electron chi connectivity index (χ2n) is 6.31. The average Bonchev–Trinajstić information content (AvgIpc) is 3.14. The molecule has 1 fully saturated rings. The maximum atomic E-state index is 12.1. The quantitative estimate of drug-likeness (QED) is 0.596. The molecule has 1 unspecified atom stereocenters. The van der Waals surface area contributed by atoms with E-state index >= 15 is 0 Å². The zero-order valence-corrected chi connectivity index (χ0v) is 14.9. The Labute approximate surface area is 145 Å². The number of carbonyl (C=O) groups is 1. The molecule has 2 rings (SSSR count). The van der Waals surface area contributed by atoms with Crippen molar-refractivity contribution in [2.24, 2.45) is 4.99 Å². The number of rotatable bonds is 7. The molecule has 0 aliphatic carbocycles. The lowest BCUT2D eigenvalue weighted by Gasteiger charge is -2.16. The summed E-state index contributed by atoms with van der Waals surface area (Å²) in [6, 6.07) is 10.5. The smallest absolute Gasteiger partial charge is 0.244 e. The molecule has 0 aromatic heterocycles. The van der Waals surface area contributed by atoms with Crippen LogP contribution in [0.4, 0.5) is 0 Å². The van der Waals surface area contributed by atoms with Crippen molar-refractivity contribution in [3.63, 3.8) is 0 Å². The number of nitrogens with zero attached hydrogens (tertiary/aromatic N) is 2. The summed E-state index contributed by atoms with van der Waals surface area (Å²) in [5, 5.41) is 6.55. The van der Waals surface area contributed by atoms with Crippen LogP contribution in [0.2, 0.25) is 0 Å². The number of hydrogen-bond donors (Lipinski definition) is 2. The van der Waals surface area contributed by atoms with Crippen molar-refractivity contribution in [3.05, 3.63) is 35.9 Å². The van der Waals surface area contributed by atoms with Crippen molar-refractivity contribution in [1.29, 1.82) is 0 Å². The van der Waals surface area contributed by atoms with Crippen molar-refractivity contribution >= 4 is 11.9 Å². The summed E-state index contributed by atoms with van der Waals surface area (Å²) in [7, 11) is 0. The number of guanidine groups is 1. The van der Waals surface area contributed by atoms with Crippen LogP contribution in [-0.4, -0.2) is 49.5 Å². The standard InChI is InChI=1S/C19H30N4O/c1-3-20-19(22-15-18(24)23-13-7-8-14-23)21-12-11-16(2)17-9-5-4-6-10-17/h4-6,9-10,16H,3,7-8,11-15H2,1-2H3,(H2,20,21,22). The highest BCUT2D eigenvalue weighted by Crippen LogP contribution is 2.17. The summed E-state index contributed by atoms with van der Waals surface area (Å²) in [6.07, 6.45) is 3.25. The molecule has 24 heavy (non-hydrogen) atoms. The van der Waals surface area contributed by atoms with Crippen LogP contribution in [0.5, 0.6) is 0 Å². The van der Waals surface area contributed by atoms with Gasteiger partial charge in [-0.3, -0.25) is 4.79 Å². The zero-order valence-electron chi connectivity index (χ0n) is 14.9. The summed E-state index contributed by atoms with van der Waals surface area (Å²) < 4.78 is 0. The van der Waals surface area contributed by atoms with E-state index in [1.807, 2.05) is 17.9 Å². The molecule has 1 heterocycles. The summed E-state index contributed by atoms with van der Waals surface area (Å²) in [5.74, 6) is 1.35. The van der Waals surface area contributed by atoms with Crippen LogP contribution in [-0.2, 0) is 4.79 Å². The molecule has 1 aromatic rings. The topological polar surface area (TPSA) is 56.7 Å². The molecule has 1 saturated heterocycles. The van der Waals surface area contributed by atoms with Gasteiger partial charge in [-0.1, -0.05) is 37.3 Å². The van der Waals surface area contributed by atoms with E-state index in [0.717, 1.165) is 51.4 Å². The Morgan fingerprint density at radius 1 is 1.21 bits per heavy atom. The molecule has 5 heteroatoms. The minimum absolute atomic E-state index is 0.127. The Bertz CT molecular complexity index is 523. The van der Waals surface area contributed by atoms with Gasteiger partial charge in [0.15, 0.2) is 5.96 Å². The second-order valence-corrected chi connectivity index (χ2v) is 6.31. The molecule has 132 valence electrons. The van der Waals surface area contributed by atoms with Gasteiger partial charge >= 0.3 is 0 Å². The Kier molecular flexibility index (Phi) is 7.59. The minimum atomic E-state index is 0.127. The first-order valence-electron chi connectivity index (χ1n) is 9.05. The van der Waals surface area contributed by atoms with Crippen molar-refractivity contribution in [1.82, 2.24) is 15.5 Å². The van der Waals surface area contributed by atoms with Crippen molar-refractivity contribution in [2.45, 2.75) is 39.0 Å². The second kappa shape index (κ2) is 9.96. The molecule has 5 nitrogen and oxygen atoms in total. The van der Waals surface area contributed by atoms with Crippen LogP contribution < -0.4 is 10.6 Å². The number of hydrogen-bond acceptors (Lipinski definition) is 2. The van der Waals surface area contributed by atoms with Crippen LogP contribution in [0, 0.1) is 0 Å². The van der Waals surface area contributed by atoms with Gasteiger partial charge in [-0.2, -0.15) is 0 Å². The predicted octanol–water partition coefficient (Wildman–Crippen LogP) is 2.36. The van der Waals surface area contributed by atoms with Gasteiger partial charge < -0.3 is 15.5 Å². The van der Waals surface area contributed by atoms with Crippen LogP contribution in [0.25, 0.3) is 0 Å². The Morgan fingerprint density at radius 2 is 1.92 bits per heavy atom. The highest BCUT2D eigenvalue weighted by Gasteiger charge is 2.17. The van der Waals surface area contributed by atoms with Gasteiger partial charge in [0.05, 0.1) is 0 Å². The number of aliphatic imine (C=N–C) groups is 1. The van der Waals surface area contributed by atoms with E-state index in [-0.39, 0.29) is 12.5 Å². The Morgan fingerprint density at radius 3 is 2.58 bits per heavy atom. The molecule has 0 radical (unpaired) electrons. The van der Waals surface area contributed by atoms with E-state index in [2.05, 4.69) is 46.8 Å². The Balaban J connectivity index is 1.77. The fourth-order valence-corrected chi connectivity index (χ4v) is 2.91. The number of benzene rings is 1. The van der Waals surface area contributed by atoms with Crippen LogP contribution >= 0.6 is 0 Å². The number of amides is 1. The minimum Gasteiger partial charge on any atom is -0.357 e. The predicted molar refractivity (Wildman–Crippen MR) is 99.3 cm³/mol. The fourth-order valence-electron chi connectivity index (χ4n) is 2.91. The van der Waals surface area contributed by atoms with Gasteiger partial charge in [0.1, 0.15) is 6.54 Å². The summed E-state index contributed by atoms with van der Waals surface area (Å²) in [6.45, 7) is 7.88. The third-order valence-electron chi connectivity index (χ3n) is 4.41. The SMILES string of the molecule is CCNC(=NCC(=O)N1CCCC1)NCCC(C)c1ccccc1. The molecular weight excluding hydrogens is 300 g/mol. The molecule has 1 aliphatic rings. The molecule has 1 amide bonds. The van der Waals surface area contributed by atoms with E-state index in [9.17, 15) is 4.79 Å². The van der Waals surface area contributed by atoms with E-state index in [4.69, 9.17) is 0 Å². The molecule has 0 saturated carbocycles. The largest absolute Gasteiger partial charge is 0.357 e. The summed E-state index contributed by atoms with van der Waals surface area (Å²) >= 11 is 0. The maximum Gasteiger partial charge on any atom is 0.244 e. The van der Waals surface area contributed by atoms with Crippen LogP contribution in [0.1, 0.15) is 44.6 Å². The Hall–Kier alpha value is -2.04. The number of carbonyl (C=O) groups excluding carboxylic acids is 1. The van der Waals surface area contributed by atoms with E-state index in [1.54, 1.807) is 0 Å². The zero-order chi connectivity index (χ0) is 17.2. The molecular formula is C19H30N4O. The molecule has 0 spiro atoms. The van der Waals surface area contributed by atoms with Crippen molar-refractivity contribution < 1.29 is 4.79 Å². The molecule has 1 aliphatic heterocycles. The lowest BCUT2D eigenvalue weighted by atomic mass is 9.98. The average molecular weight is 330 g/mol.